The fraction of sp³-hybridized carbons (Fsp3) is 0.667. The van der Waals surface area contributed by atoms with Crippen molar-refractivity contribution in [3.63, 3.8) is 0 Å². The molecule has 1 fully saturated rings. The van der Waals surface area contributed by atoms with Crippen molar-refractivity contribution < 1.29 is 4.79 Å². The number of carbonyl (C=O) groups excluding carboxylic acids is 1. The van der Waals surface area contributed by atoms with Gasteiger partial charge >= 0.3 is 0 Å². The average molecular weight is 332 g/mol. The van der Waals surface area contributed by atoms with Crippen LogP contribution in [0.2, 0.25) is 0 Å². The van der Waals surface area contributed by atoms with Gasteiger partial charge in [-0.05, 0) is 34.9 Å². The summed E-state index contributed by atoms with van der Waals surface area (Å²) in [4.78, 5) is 20.9. The van der Waals surface area contributed by atoms with Crippen molar-refractivity contribution in [1.29, 1.82) is 0 Å². The number of hydrogen-bond donors (Lipinski definition) is 0. The zero-order chi connectivity index (χ0) is 17.5. The molecule has 1 amide bonds. The zero-order valence-corrected chi connectivity index (χ0v) is 14.8. The minimum atomic E-state index is -0.202. The molecule has 24 heavy (non-hydrogen) atoms. The third kappa shape index (κ3) is 3.03. The number of amides is 1. The van der Waals surface area contributed by atoms with Gasteiger partial charge in [-0.1, -0.05) is 5.21 Å². The number of rotatable bonds is 3. The molecule has 3 heterocycles. The molecule has 0 N–H and O–H groups in total. The van der Waals surface area contributed by atoms with E-state index in [0.717, 1.165) is 0 Å². The SMILES string of the molecule is CN(C)[C@@H]1CN(C(=O)c2ncn(C(C)(C)C)n2)C[C@@H]1n1ccnn1. The molecule has 9 heteroatoms. The molecule has 9 nitrogen and oxygen atoms in total. The molecule has 2 aromatic heterocycles. The van der Waals surface area contributed by atoms with Gasteiger partial charge in [0, 0.05) is 19.3 Å². The minimum absolute atomic E-state index is 0.0659. The Bertz CT molecular complexity index is 699. The lowest BCUT2D eigenvalue weighted by Crippen LogP contribution is -2.37. The Morgan fingerprint density at radius 2 is 2.04 bits per heavy atom. The third-order valence-corrected chi connectivity index (χ3v) is 4.36. The fourth-order valence-corrected chi connectivity index (χ4v) is 2.92. The lowest BCUT2D eigenvalue weighted by molar-refractivity contribution is 0.0768. The standard InChI is InChI=1S/C15H24N8O/c1-15(2,3)23-10-16-13(18-23)14(24)21-8-11(20(4)5)12(9-21)22-7-6-17-19-22/h6-7,10-12H,8-9H2,1-5H3/t11-,12+/m1/s1. The largest absolute Gasteiger partial charge is 0.332 e. The second-order valence-electron chi connectivity index (χ2n) is 7.38. The summed E-state index contributed by atoms with van der Waals surface area (Å²) in [6.07, 6.45) is 5.10. The Kier molecular flexibility index (Phi) is 4.12. The highest BCUT2D eigenvalue weighted by Crippen LogP contribution is 2.25. The number of carbonyl (C=O) groups is 1. The maximum Gasteiger partial charge on any atom is 0.293 e. The predicted octanol–water partition coefficient (Wildman–Crippen LogP) is 0.252. The number of hydrogen-bond acceptors (Lipinski definition) is 6. The molecule has 2 atom stereocenters. The molecule has 0 saturated carbocycles. The van der Waals surface area contributed by atoms with Crippen molar-refractivity contribution in [2.75, 3.05) is 27.2 Å². The molecule has 1 aliphatic rings. The first kappa shape index (κ1) is 16.6. The van der Waals surface area contributed by atoms with Crippen molar-refractivity contribution in [2.24, 2.45) is 0 Å². The molecule has 1 aliphatic heterocycles. The van der Waals surface area contributed by atoms with E-state index in [4.69, 9.17) is 0 Å². The van der Waals surface area contributed by atoms with E-state index in [2.05, 4.69) is 25.3 Å². The van der Waals surface area contributed by atoms with Crippen LogP contribution in [0.1, 0.15) is 37.4 Å². The summed E-state index contributed by atoms with van der Waals surface area (Å²) < 4.78 is 3.54. The summed E-state index contributed by atoms with van der Waals surface area (Å²) in [5.41, 5.74) is -0.202. The van der Waals surface area contributed by atoms with E-state index < -0.39 is 0 Å². The Morgan fingerprint density at radius 3 is 2.58 bits per heavy atom. The maximum atomic E-state index is 12.8. The average Bonchev–Trinajstić information content (AvgIpc) is 3.23. The molecular weight excluding hydrogens is 308 g/mol. The molecule has 0 aliphatic carbocycles. The summed E-state index contributed by atoms with van der Waals surface area (Å²) >= 11 is 0. The van der Waals surface area contributed by atoms with Gasteiger partial charge in [0.25, 0.3) is 5.91 Å². The molecule has 0 radical (unpaired) electrons. The van der Waals surface area contributed by atoms with Gasteiger partial charge in [0.15, 0.2) is 0 Å². The monoisotopic (exact) mass is 332 g/mol. The normalized spacial score (nSPS) is 21.7. The summed E-state index contributed by atoms with van der Waals surface area (Å²) in [6.45, 7) is 7.24. The van der Waals surface area contributed by atoms with Crippen LogP contribution in [-0.4, -0.2) is 78.7 Å². The molecule has 3 rings (SSSR count). The van der Waals surface area contributed by atoms with E-state index in [9.17, 15) is 4.79 Å². The first-order valence-electron chi connectivity index (χ1n) is 8.01. The van der Waals surface area contributed by atoms with E-state index in [1.165, 1.54) is 0 Å². The van der Waals surface area contributed by atoms with Gasteiger partial charge < -0.3 is 9.80 Å². The number of aromatic nitrogens is 6. The summed E-state index contributed by atoms with van der Waals surface area (Å²) in [7, 11) is 4.02. The lowest BCUT2D eigenvalue weighted by atomic mass is 10.1. The summed E-state index contributed by atoms with van der Waals surface area (Å²) in [5, 5.41) is 12.3. The second kappa shape index (κ2) is 5.97. The van der Waals surface area contributed by atoms with Gasteiger partial charge in [0.1, 0.15) is 6.33 Å². The van der Waals surface area contributed by atoms with Crippen LogP contribution in [0.4, 0.5) is 0 Å². The topological polar surface area (TPSA) is 85.0 Å². The van der Waals surface area contributed by atoms with Crippen molar-refractivity contribution in [3.8, 4) is 0 Å². The van der Waals surface area contributed by atoms with Crippen LogP contribution in [0.15, 0.2) is 18.7 Å². The highest BCUT2D eigenvalue weighted by Gasteiger charge is 2.39. The quantitative estimate of drug-likeness (QED) is 0.801. The van der Waals surface area contributed by atoms with Crippen LogP contribution >= 0.6 is 0 Å². The Balaban J connectivity index is 1.80. The molecular formula is C15H24N8O. The van der Waals surface area contributed by atoms with Gasteiger partial charge in [-0.25, -0.2) is 14.3 Å². The van der Waals surface area contributed by atoms with Crippen molar-refractivity contribution in [2.45, 2.75) is 38.4 Å². The summed E-state index contributed by atoms with van der Waals surface area (Å²) in [6, 6.07) is 0.233. The lowest BCUT2D eigenvalue weighted by Gasteiger charge is -2.24. The smallest absolute Gasteiger partial charge is 0.293 e. The van der Waals surface area contributed by atoms with Crippen molar-refractivity contribution >= 4 is 5.91 Å². The zero-order valence-electron chi connectivity index (χ0n) is 14.8. The van der Waals surface area contributed by atoms with Crippen molar-refractivity contribution in [3.05, 3.63) is 24.5 Å². The van der Waals surface area contributed by atoms with Crippen LogP contribution in [0.5, 0.6) is 0 Å². The molecule has 2 aromatic rings. The van der Waals surface area contributed by atoms with Gasteiger partial charge in [0.05, 0.1) is 23.8 Å². The van der Waals surface area contributed by atoms with E-state index in [0.29, 0.717) is 13.1 Å². The molecule has 0 spiro atoms. The van der Waals surface area contributed by atoms with Crippen LogP contribution in [0.25, 0.3) is 0 Å². The molecule has 0 aromatic carbocycles. The van der Waals surface area contributed by atoms with Crippen molar-refractivity contribution in [1.82, 2.24) is 39.6 Å². The molecule has 130 valence electrons. The Morgan fingerprint density at radius 1 is 1.29 bits per heavy atom. The van der Waals surface area contributed by atoms with Crippen LogP contribution in [-0.2, 0) is 5.54 Å². The van der Waals surface area contributed by atoms with E-state index in [1.54, 1.807) is 22.1 Å². The third-order valence-electron chi connectivity index (χ3n) is 4.36. The van der Waals surface area contributed by atoms with E-state index in [-0.39, 0.29) is 29.4 Å². The first-order valence-corrected chi connectivity index (χ1v) is 8.01. The first-order chi connectivity index (χ1) is 11.3. The highest BCUT2D eigenvalue weighted by atomic mass is 16.2. The van der Waals surface area contributed by atoms with E-state index >= 15 is 0 Å². The van der Waals surface area contributed by atoms with Gasteiger partial charge in [0.2, 0.25) is 5.82 Å². The Hall–Kier alpha value is -2.29. The van der Waals surface area contributed by atoms with Crippen LogP contribution < -0.4 is 0 Å². The molecule has 0 unspecified atom stereocenters. The molecule has 1 saturated heterocycles. The predicted molar refractivity (Wildman–Crippen MR) is 87.5 cm³/mol. The highest BCUT2D eigenvalue weighted by molar-refractivity contribution is 5.90. The van der Waals surface area contributed by atoms with E-state index in [1.807, 2.05) is 45.7 Å². The Labute approximate surface area is 141 Å². The number of likely N-dealkylation sites (tertiary alicyclic amines) is 1. The minimum Gasteiger partial charge on any atom is -0.332 e. The fourth-order valence-electron chi connectivity index (χ4n) is 2.92. The van der Waals surface area contributed by atoms with Crippen LogP contribution in [0.3, 0.4) is 0 Å². The molecule has 0 bridgehead atoms. The van der Waals surface area contributed by atoms with Gasteiger partial charge in [-0.2, -0.15) is 0 Å². The van der Waals surface area contributed by atoms with Crippen LogP contribution in [0, 0.1) is 0 Å². The number of nitrogens with zero attached hydrogens (tertiary/aromatic N) is 8. The van der Waals surface area contributed by atoms with Gasteiger partial charge in [-0.15, -0.1) is 10.2 Å². The van der Waals surface area contributed by atoms with Gasteiger partial charge in [-0.3, -0.25) is 4.79 Å². The maximum absolute atomic E-state index is 12.8. The summed E-state index contributed by atoms with van der Waals surface area (Å²) in [5.74, 6) is 0.0918. The second-order valence-corrected chi connectivity index (χ2v) is 7.38. The number of likely N-dealkylation sites (N-methyl/N-ethyl adjacent to an activating group) is 1.